The minimum absolute atomic E-state index is 0.240. The first-order chi connectivity index (χ1) is 4.74. The first kappa shape index (κ1) is 7.94. The molecule has 0 fully saturated rings. The van der Waals surface area contributed by atoms with E-state index in [1.54, 1.807) is 4.45 Å². The maximum absolute atomic E-state index is 10.3. The lowest BCUT2D eigenvalue weighted by Gasteiger charge is -1.87. The Hall–Kier alpha value is -0.160. The summed E-state index contributed by atoms with van der Waals surface area (Å²) in [5.74, 6) is -0.930. The quantitative estimate of drug-likeness (QED) is 0.652. The van der Waals surface area contributed by atoms with Crippen LogP contribution in [0.2, 0.25) is 0 Å². The first-order valence-corrected chi connectivity index (χ1v) is 6.45. The second-order valence-electron chi connectivity index (χ2n) is 1.56. The van der Waals surface area contributed by atoms with Crippen molar-refractivity contribution in [2.45, 2.75) is 0 Å². The van der Waals surface area contributed by atoms with Crippen molar-refractivity contribution in [3.8, 4) is 0 Å². The molecular weight excluding hydrogens is 266 g/mol. The third-order valence-electron chi connectivity index (χ3n) is 0.916. The first-order valence-electron chi connectivity index (χ1n) is 2.38. The van der Waals surface area contributed by atoms with Gasteiger partial charge in [0.2, 0.25) is 0 Å². The fourth-order valence-corrected chi connectivity index (χ4v) is 1.56. The van der Waals surface area contributed by atoms with Crippen molar-refractivity contribution in [1.29, 1.82) is 0 Å². The molecule has 0 saturated heterocycles. The molecule has 4 nitrogen and oxygen atoms in total. The lowest BCUT2D eigenvalue weighted by Crippen LogP contribution is -1.91. The number of carboxylic acid groups (broad SMARTS) is 1. The molecule has 6 heteroatoms. The summed E-state index contributed by atoms with van der Waals surface area (Å²) in [7, 11) is 0. The molecule has 0 spiro atoms. The average Bonchev–Trinajstić information content (AvgIpc) is 2.34. The Balaban J connectivity index is 2.88. The topological polar surface area (TPSA) is 55.1 Å². The van der Waals surface area contributed by atoms with Crippen molar-refractivity contribution in [3.63, 3.8) is 0 Å². The number of carbonyl (C=O) groups is 1. The summed E-state index contributed by atoms with van der Waals surface area (Å²) >= 11 is 2.13. The standard InChI is InChI=1S/C4H4IN2O2P/c5-10-7-2-3(1-6-7)4(8)9/h1-2,10H,(H,8,9). The van der Waals surface area contributed by atoms with Crippen molar-refractivity contribution >= 4 is 34.4 Å². The number of carboxylic acids is 1. The molecule has 1 aromatic heterocycles. The molecule has 0 aliphatic carbocycles. The lowest BCUT2D eigenvalue weighted by atomic mass is 10.4. The van der Waals surface area contributed by atoms with Crippen LogP contribution >= 0.6 is 28.4 Å². The molecule has 1 N–H and O–H groups in total. The van der Waals surface area contributed by atoms with Gasteiger partial charge in [-0.05, 0) is 22.0 Å². The number of nitrogens with zero attached hydrogens (tertiary/aromatic N) is 2. The van der Waals surface area contributed by atoms with E-state index in [0.717, 1.165) is 0 Å². The summed E-state index contributed by atoms with van der Waals surface area (Å²) in [5, 5.41) is 12.2. The predicted octanol–water partition coefficient (Wildman–Crippen LogP) is 1.37. The van der Waals surface area contributed by atoms with E-state index in [2.05, 4.69) is 27.1 Å². The van der Waals surface area contributed by atoms with E-state index in [4.69, 9.17) is 5.11 Å². The minimum atomic E-state index is -0.930. The van der Waals surface area contributed by atoms with Gasteiger partial charge in [0, 0.05) is 6.20 Å². The van der Waals surface area contributed by atoms with Gasteiger partial charge < -0.3 is 5.11 Å². The van der Waals surface area contributed by atoms with Gasteiger partial charge in [-0.2, -0.15) is 5.10 Å². The number of hydrogen-bond acceptors (Lipinski definition) is 2. The van der Waals surface area contributed by atoms with Crippen LogP contribution < -0.4 is 0 Å². The van der Waals surface area contributed by atoms with Crippen molar-refractivity contribution in [1.82, 2.24) is 9.55 Å². The van der Waals surface area contributed by atoms with E-state index >= 15 is 0 Å². The number of rotatable bonds is 2. The van der Waals surface area contributed by atoms with Gasteiger partial charge in [0.25, 0.3) is 0 Å². The van der Waals surface area contributed by atoms with Gasteiger partial charge in [-0.3, -0.25) is 0 Å². The Morgan fingerprint density at radius 1 is 1.90 bits per heavy atom. The van der Waals surface area contributed by atoms with Gasteiger partial charge in [-0.25, -0.2) is 9.25 Å². The second kappa shape index (κ2) is 3.30. The van der Waals surface area contributed by atoms with Crippen LogP contribution in [-0.2, 0) is 0 Å². The summed E-state index contributed by atoms with van der Waals surface area (Å²) in [6, 6.07) is 0. The SMILES string of the molecule is O=C(O)c1cnn(PI)c1. The van der Waals surface area contributed by atoms with E-state index in [1.165, 1.54) is 12.4 Å². The molecule has 1 rings (SSSR count). The van der Waals surface area contributed by atoms with Crippen LogP contribution in [-0.4, -0.2) is 20.6 Å². The van der Waals surface area contributed by atoms with Crippen molar-refractivity contribution in [2.75, 3.05) is 0 Å². The Labute approximate surface area is 71.9 Å². The Morgan fingerprint density at radius 3 is 2.90 bits per heavy atom. The van der Waals surface area contributed by atoms with E-state index in [1.807, 2.05) is 0 Å². The van der Waals surface area contributed by atoms with Crippen molar-refractivity contribution in [2.24, 2.45) is 0 Å². The molecule has 1 unspecified atom stereocenters. The minimum Gasteiger partial charge on any atom is -0.478 e. The van der Waals surface area contributed by atoms with Gasteiger partial charge in [0.05, 0.1) is 18.1 Å². The third-order valence-corrected chi connectivity index (χ3v) is 2.82. The maximum atomic E-state index is 10.3. The fraction of sp³-hybridized carbons (Fsp3) is 0. The lowest BCUT2D eigenvalue weighted by molar-refractivity contribution is 0.0697. The van der Waals surface area contributed by atoms with E-state index < -0.39 is 5.97 Å². The van der Waals surface area contributed by atoms with Crippen LogP contribution in [0.25, 0.3) is 0 Å². The Morgan fingerprint density at radius 2 is 2.60 bits per heavy atom. The summed E-state index contributed by atoms with van der Waals surface area (Å²) in [4.78, 5) is 10.3. The summed E-state index contributed by atoms with van der Waals surface area (Å²) < 4.78 is 1.59. The molecule has 1 heterocycles. The number of aromatic carboxylic acids is 1. The van der Waals surface area contributed by atoms with Gasteiger partial charge in [0.1, 0.15) is 0 Å². The second-order valence-corrected chi connectivity index (χ2v) is 3.64. The highest BCUT2D eigenvalue weighted by molar-refractivity contribution is 14.2. The molecule has 0 bridgehead atoms. The fourth-order valence-electron chi connectivity index (χ4n) is 0.479. The zero-order chi connectivity index (χ0) is 7.56. The molecule has 1 aromatic rings. The Bertz CT molecular complexity index is 249. The summed E-state index contributed by atoms with van der Waals surface area (Å²) in [6.45, 7) is 0. The van der Waals surface area contributed by atoms with E-state index in [0.29, 0.717) is 6.37 Å². The molecule has 10 heavy (non-hydrogen) atoms. The van der Waals surface area contributed by atoms with Crippen LogP contribution in [0.15, 0.2) is 12.4 Å². The molecule has 0 aliphatic heterocycles. The maximum Gasteiger partial charge on any atom is 0.338 e. The zero-order valence-electron chi connectivity index (χ0n) is 4.78. The molecule has 0 amide bonds. The Kier molecular flexibility index (Phi) is 2.62. The van der Waals surface area contributed by atoms with Crippen LogP contribution in [0.1, 0.15) is 10.4 Å². The van der Waals surface area contributed by atoms with Crippen molar-refractivity contribution < 1.29 is 9.90 Å². The van der Waals surface area contributed by atoms with Gasteiger partial charge >= 0.3 is 5.97 Å². The van der Waals surface area contributed by atoms with E-state index in [9.17, 15) is 4.79 Å². The van der Waals surface area contributed by atoms with E-state index in [-0.39, 0.29) is 5.56 Å². The van der Waals surface area contributed by atoms with Crippen LogP contribution in [0.4, 0.5) is 0 Å². The van der Waals surface area contributed by atoms with Gasteiger partial charge in [-0.15, -0.1) is 0 Å². The van der Waals surface area contributed by atoms with Crippen LogP contribution in [0.5, 0.6) is 0 Å². The predicted molar refractivity (Wildman–Crippen MR) is 46.9 cm³/mol. The molecule has 0 aliphatic rings. The third kappa shape index (κ3) is 1.67. The normalized spacial score (nSPS) is 10.9. The average molecular weight is 270 g/mol. The number of aromatic nitrogens is 2. The summed E-state index contributed by atoms with van der Waals surface area (Å²) in [5.41, 5.74) is 0.240. The van der Waals surface area contributed by atoms with Crippen LogP contribution in [0, 0.1) is 0 Å². The van der Waals surface area contributed by atoms with Gasteiger partial charge in [-0.1, -0.05) is 0 Å². The smallest absolute Gasteiger partial charge is 0.338 e. The number of hydrogen-bond donors (Lipinski definition) is 1. The highest BCUT2D eigenvalue weighted by atomic mass is 127. The zero-order valence-corrected chi connectivity index (χ0v) is 7.94. The van der Waals surface area contributed by atoms with Crippen molar-refractivity contribution in [3.05, 3.63) is 18.0 Å². The molecule has 0 saturated carbocycles. The highest BCUT2D eigenvalue weighted by Crippen LogP contribution is 2.22. The monoisotopic (exact) mass is 270 g/mol. The molecule has 54 valence electrons. The summed E-state index contributed by atoms with van der Waals surface area (Å²) in [6.07, 6.45) is 3.30. The highest BCUT2D eigenvalue weighted by Gasteiger charge is 2.03. The largest absolute Gasteiger partial charge is 0.478 e. The van der Waals surface area contributed by atoms with Crippen LogP contribution in [0.3, 0.4) is 0 Å². The number of halogens is 1. The molecule has 0 aromatic carbocycles. The molecule has 0 radical (unpaired) electrons. The molecule has 1 atom stereocenters. The molecular formula is C4H4IN2O2P. The van der Waals surface area contributed by atoms with Gasteiger partial charge in [0.15, 0.2) is 0 Å².